The Bertz CT molecular complexity index is 211. The molecular formula is C10H20N2O2. The number of amides is 1. The lowest BCUT2D eigenvalue weighted by Crippen LogP contribution is -2.33. The summed E-state index contributed by atoms with van der Waals surface area (Å²) in [6.45, 7) is 6.97. The van der Waals surface area contributed by atoms with E-state index in [0.717, 1.165) is 13.0 Å². The Balaban J connectivity index is 2.10. The lowest BCUT2D eigenvalue weighted by Gasteiger charge is -2.19. The standard InChI is InChI=1S/C10H20N2O2/c1-10(2,3)14-9(13)12-6-8-4-7(8)5-11/h7-8H,4-6,11H2,1-3H3,(H,12,13)/t7-,8+/m0/s1. The molecule has 0 radical (unpaired) electrons. The number of carbonyl (C=O) groups is 1. The van der Waals surface area contributed by atoms with Gasteiger partial charge in [-0.25, -0.2) is 4.79 Å². The molecule has 0 bridgehead atoms. The maximum atomic E-state index is 11.2. The molecule has 2 atom stereocenters. The first-order valence-corrected chi connectivity index (χ1v) is 5.09. The van der Waals surface area contributed by atoms with E-state index in [4.69, 9.17) is 10.5 Å². The van der Waals surface area contributed by atoms with Gasteiger partial charge in [-0.1, -0.05) is 0 Å². The summed E-state index contributed by atoms with van der Waals surface area (Å²) >= 11 is 0. The van der Waals surface area contributed by atoms with E-state index in [9.17, 15) is 4.79 Å². The lowest BCUT2D eigenvalue weighted by atomic mass is 10.2. The van der Waals surface area contributed by atoms with Gasteiger partial charge < -0.3 is 15.8 Å². The predicted molar refractivity (Wildman–Crippen MR) is 54.9 cm³/mol. The van der Waals surface area contributed by atoms with E-state index in [0.29, 0.717) is 18.4 Å². The molecule has 14 heavy (non-hydrogen) atoms. The molecule has 1 fully saturated rings. The Hall–Kier alpha value is -0.770. The summed E-state index contributed by atoms with van der Waals surface area (Å²) in [7, 11) is 0. The molecule has 0 aromatic rings. The Morgan fingerprint density at radius 1 is 1.50 bits per heavy atom. The van der Waals surface area contributed by atoms with Crippen LogP contribution in [0.4, 0.5) is 4.79 Å². The van der Waals surface area contributed by atoms with Gasteiger partial charge in [-0.2, -0.15) is 0 Å². The Morgan fingerprint density at radius 2 is 2.14 bits per heavy atom. The predicted octanol–water partition coefficient (Wildman–Crippen LogP) is 1.11. The molecule has 1 amide bonds. The quantitative estimate of drug-likeness (QED) is 0.717. The van der Waals surface area contributed by atoms with Gasteiger partial charge in [-0.15, -0.1) is 0 Å². The van der Waals surface area contributed by atoms with Crippen LogP contribution >= 0.6 is 0 Å². The van der Waals surface area contributed by atoms with Crippen molar-refractivity contribution in [2.75, 3.05) is 13.1 Å². The molecular weight excluding hydrogens is 180 g/mol. The van der Waals surface area contributed by atoms with E-state index in [1.165, 1.54) is 0 Å². The molecule has 3 N–H and O–H groups in total. The molecule has 1 aliphatic rings. The number of nitrogens with two attached hydrogens (primary N) is 1. The summed E-state index contributed by atoms with van der Waals surface area (Å²) in [6, 6.07) is 0. The second-order valence-corrected chi connectivity index (χ2v) is 4.87. The van der Waals surface area contributed by atoms with Crippen LogP contribution in [-0.4, -0.2) is 24.8 Å². The van der Waals surface area contributed by atoms with Crippen molar-refractivity contribution in [3.8, 4) is 0 Å². The van der Waals surface area contributed by atoms with Crippen molar-refractivity contribution in [3.63, 3.8) is 0 Å². The van der Waals surface area contributed by atoms with Crippen LogP contribution in [-0.2, 0) is 4.74 Å². The van der Waals surface area contributed by atoms with Crippen LogP contribution in [0.25, 0.3) is 0 Å². The third-order valence-electron chi connectivity index (χ3n) is 2.28. The minimum atomic E-state index is -0.416. The summed E-state index contributed by atoms with van der Waals surface area (Å²) in [5, 5.41) is 2.75. The number of hydrogen-bond donors (Lipinski definition) is 2. The van der Waals surface area contributed by atoms with Crippen molar-refractivity contribution in [3.05, 3.63) is 0 Å². The zero-order valence-electron chi connectivity index (χ0n) is 9.17. The number of nitrogens with one attached hydrogen (secondary N) is 1. The fraction of sp³-hybridized carbons (Fsp3) is 0.900. The molecule has 0 aromatic carbocycles. The third kappa shape index (κ3) is 3.96. The number of alkyl carbamates (subject to hydrolysis) is 1. The highest BCUT2D eigenvalue weighted by Gasteiger charge is 2.35. The Kier molecular flexibility index (Phi) is 3.37. The van der Waals surface area contributed by atoms with Gasteiger partial charge in [0.2, 0.25) is 0 Å². The van der Waals surface area contributed by atoms with Gasteiger partial charge >= 0.3 is 6.09 Å². The van der Waals surface area contributed by atoms with Crippen molar-refractivity contribution < 1.29 is 9.53 Å². The van der Waals surface area contributed by atoms with E-state index in [1.807, 2.05) is 20.8 Å². The van der Waals surface area contributed by atoms with Crippen LogP contribution in [0.5, 0.6) is 0 Å². The highest BCUT2D eigenvalue weighted by molar-refractivity contribution is 5.67. The van der Waals surface area contributed by atoms with E-state index >= 15 is 0 Å². The van der Waals surface area contributed by atoms with Gasteiger partial charge in [-0.3, -0.25) is 0 Å². The van der Waals surface area contributed by atoms with Gasteiger partial charge in [0.15, 0.2) is 0 Å². The zero-order valence-corrected chi connectivity index (χ0v) is 9.17. The molecule has 1 saturated carbocycles. The average molecular weight is 200 g/mol. The largest absolute Gasteiger partial charge is 0.444 e. The van der Waals surface area contributed by atoms with Crippen LogP contribution in [0.1, 0.15) is 27.2 Å². The third-order valence-corrected chi connectivity index (χ3v) is 2.28. The van der Waals surface area contributed by atoms with Gasteiger partial charge in [0.1, 0.15) is 5.60 Å². The normalized spacial score (nSPS) is 25.7. The average Bonchev–Trinajstić information content (AvgIpc) is 2.76. The minimum absolute atomic E-state index is 0.333. The Morgan fingerprint density at radius 3 is 2.57 bits per heavy atom. The van der Waals surface area contributed by atoms with E-state index in [2.05, 4.69) is 5.32 Å². The second-order valence-electron chi connectivity index (χ2n) is 4.87. The number of hydrogen-bond acceptors (Lipinski definition) is 3. The van der Waals surface area contributed by atoms with Crippen molar-refractivity contribution in [1.29, 1.82) is 0 Å². The first-order chi connectivity index (χ1) is 6.42. The van der Waals surface area contributed by atoms with E-state index in [1.54, 1.807) is 0 Å². The summed E-state index contributed by atoms with van der Waals surface area (Å²) < 4.78 is 5.10. The number of carbonyl (C=O) groups excluding carboxylic acids is 1. The minimum Gasteiger partial charge on any atom is -0.444 e. The van der Waals surface area contributed by atoms with Crippen LogP contribution in [0.2, 0.25) is 0 Å². The summed E-state index contributed by atoms with van der Waals surface area (Å²) in [5.74, 6) is 1.16. The fourth-order valence-electron chi connectivity index (χ4n) is 1.38. The van der Waals surface area contributed by atoms with Gasteiger partial charge in [0.25, 0.3) is 0 Å². The second kappa shape index (κ2) is 4.17. The van der Waals surface area contributed by atoms with Crippen LogP contribution in [0, 0.1) is 11.8 Å². The fourth-order valence-corrected chi connectivity index (χ4v) is 1.38. The molecule has 82 valence electrons. The molecule has 1 rings (SSSR count). The van der Waals surface area contributed by atoms with Crippen molar-refractivity contribution >= 4 is 6.09 Å². The molecule has 4 heteroatoms. The van der Waals surface area contributed by atoms with Crippen LogP contribution in [0.15, 0.2) is 0 Å². The lowest BCUT2D eigenvalue weighted by molar-refractivity contribution is 0.0524. The molecule has 0 saturated heterocycles. The first-order valence-electron chi connectivity index (χ1n) is 5.09. The summed E-state index contributed by atoms with van der Waals surface area (Å²) in [6.07, 6.45) is 0.798. The van der Waals surface area contributed by atoms with Crippen molar-refractivity contribution in [2.24, 2.45) is 17.6 Å². The summed E-state index contributed by atoms with van der Waals surface area (Å²) in [5.41, 5.74) is 5.07. The number of rotatable bonds is 3. The van der Waals surface area contributed by atoms with E-state index < -0.39 is 5.60 Å². The maximum absolute atomic E-state index is 11.2. The topological polar surface area (TPSA) is 64.3 Å². The van der Waals surface area contributed by atoms with Crippen molar-refractivity contribution in [2.45, 2.75) is 32.8 Å². The highest BCUT2D eigenvalue weighted by atomic mass is 16.6. The summed E-state index contributed by atoms with van der Waals surface area (Å²) in [4.78, 5) is 11.2. The molecule has 0 spiro atoms. The van der Waals surface area contributed by atoms with Crippen LogP contribution < -0.4 is 11.1 Å². The maximum Gasteiger partial charge on any atom is 0.407 e. The molecule has 0 heterocycles. The molecule has 1 aliphatic carbocycles. The van der Waals surface area contributed by atoms with Gasteiger partial charge in [0, 0.05) is 6.54 Å². The molecule has 0 aliphatic heterocycles. The Labute approximate surface area is 85.2 Å². The van der Waals surface area contributed by atoms with E-state index in [-0.39, 0.29) is 6.09 Å². The first kappa shape index (κ1) is 11.3. The van der Waals surface area contributed by atoms with Crippen LogP contribution in [0.3, 0.4) is 0 Å². The van der Waals surface area contributed by atoms with Gasteiger partial charge in [0.05, 0.1) is 0 Å². The van der Waals surface area contributed by atoms with Crippen molar-refractivity contribution in [1.82, 2.24) is 5.32 Å². The smallest absolute Gasteiger partial charge is 0.407 e. The SMILES string of the molecule is CC(C)(C)OC(=O)NC[C@H]1C[C@H]1CN. The number of ether oxygens (including phenoxy) is 1. The molecule has 0 aromatic heterocycles. The molecule has 0 unspecified atom stereocenters. The monoisotopic (exact) mass is 200 g/mol. The highest BCUT2D eigenvalue weighted by Crippen LogP contribution is 2.36. The molecule has 4 nitrogen and oxygen atoms in total. The zero-order chi connectivity index (χ0) is 10.8. The van der Waals surface area contributed by atoms with Gasteiger partial charge in [-0.05, 0) is 45.6 Å².